The van der Waals surface area contributed by atoms with Gasteiger partial charge in [0.25, 0.3) is 0 Å². The predicted molar refractivity (Wildman–Crippen MR) is 96.6 cm³/mol. The second-order valence-corrected chi connectivity index (χ2v) is 6.57. The van der Waals surface area contributed by atoms with E-state index in [0.29, 0.717) is 16.0 Å². The molecule has 2 aromatic heterocycles. The molecule has 0 bridgehead atoms. The summed E-state index contributed by atoms with van der Waals surface area (Å²) in [6.07, 6.45) is 2.33. The third-order valence-electron chi connectivity index (χ3n) is 3.30. The van der Waals surface area contributed by atoms with Gasteiger partial charge in [0.1, 0.15) is 6.26 Å². The van der Waals surface area contributed by atoms with Crippen LogP contribution < -0.4 is 5.32 Å². The van der Waals surface area contributed by atoms with E-state index in [4.69, 9.17) is 11.6 Å². The molecule has 0 atom stereocenters. The zero-order chi connectivity index (χ0) is 17.6. The van der Waals surface area contributed by atoms with Crippen molar-refractivity contribution < 1.29 is 9.32 Å². The highest BCUT2D eigenvalue weighted by Gasteiger charge is 2.15. The summed E-state index contributed by atoms with van der Waals surface area (Å²) in [6.45, 7) is 2.84. The van der Waals surface area contributed by atoms with Gasteiger partial charge in [-0.25, -0.2) is 0 Å². The lowest BCUT2D eigenvalue weighted by atomic mass is 10.2. The predicted octanol–water partition coefficient (Wildman–Crippen LogP) is 3.73. The summed E-state index contributed by atoms with van der Waals surface area (Å²) < 4.78 is 6.69. The number of thioether (sulfide) groups is 1. The van der Waals surface area contributed by atoms with E-state index in [9.17, 15) is 4.79 Å². The minimum atomic E-state index is -0.182. The fourth-order valence-electron chi connectivity index (χ4n) is 2.22. The molecule has 0 saturated heterocycles. The number of carbonyl (C=O) groups excluding carboxylic acids is 1. The number of rotatable bonds is 7. The highest BCUT2D eigenvalue weighted by atomic mass is 35.5. The van der Waals surface area contributed by atoms with E-state index in [1.165, 1.54) is 18.0 Å². The van der Waals surface area contributed by atoms with E-state index in [1.54, 1.807) is 6.07 Å². The van der Waals surface area contributed by atoms with Crippen molar-refractivity contribution in [2.24, 2.45) is 0 Å². The molecule has 1 N–H and O–H groups in total. The van der Waals surface area contributed by atoms with Crippen molar-refractivity contribution in [2.45, 2.75) is 25.0 Å². The van der Waals surface area contributed by atoms with Crippen LogP contribution in [0.4, 0.5) is 5.82 Å². The van der Waals surface area contributed by atoms with Gasteiger partial charge in [0.05, 0.1) is 5.75 Å². The zero-order valence-corrected chi connectivity index (χ0v) is 15.0. The number of amides is 1. The summed E-state index contributed by atoms with van der Waals surface area (Å²) in [7, 11) is 0. The fraction of sp³-hybridized carbons (Fsp3) is 0.250. The van der Waals surface area contributed by atoms with E-state index in [-0.39, 0.29) is 11.7 Å². The molecule has 1 amide bonds. The van der Waals surface area contributed by atoms with Crippen LogP contribution in [0.3, 0.4) is 0 Å². The minimum Gasteiger partial charge on any atom is -0.363 e. The Morgan fingerprint density at radius 1 is 1.28 bits per heavy atom. The molecule has 0 saturated carbocycles. The molecule has 0 spiro atoms. The highest BCUT2D eigenvalue weighted by Crippen LogP contribution is 2.25. The Labute approximate surface area is 153 Å². The van der Waals surface area contributed by atoms with Crippen LogP contribution in [0.2, 0.25) is 5.02 Å². The number of benzene rings is 1. The van der Waals surface area contributed by atoms with Gasteiger partial charge in [0, 0.05) is 23.2 Å². The fourth-order valence-corrected chi connectivity index (χ4v) is 3.11. The maximum Gasteiger partial charge on any atom is 0.236 e. The Morgan fingerprint density at radius 3 is 2.76 bits per heavy atom. The van der Waals surface area contributed by atoms with Gasteiger partial charge in [-0.3, -0.25) is 4.79 Å². The van der Waals surface area contributed by atoms with Crippen molar-refractivity contribution in [3.63, 3.8) is 0 Å². The number of carbonyl (C=O) groups is 1. The Morgan fingerprint density at radius 2 is 2.08 bits per heavy atom. The second-order valence-electron chi connectivity index (χ2n) is 5.19. The van der Waals surface area contributed by atoms with Crippen LogP contribution in [0.5, 0.6) is 0 Å². The molecule has 3 aromatic rings. The average Bonchev–Trinajstić information content (AvgIpc) is 3.24. The molecular formula is C16H16ClN5O2S. The minimum absolute atomic E-state index is 0.182. The largest absolute Gasteiger partial charge is 0.363 e. The first-order chi connectivity index (χ1) is 12.2. The summed E-state index contributed by atoms with van der Waals surface area (Å²) in [5.41, 5.74) is 0.934. The molecular weight excluding hydrogens is 362 g/mol. The van der Waals surface area contributed by atoms with Gasteiger partial charge in [0.2, 0.25) is 5.91 Å². The molecule has 1 aromatic carbocycles. The molecule has 3 rings (SSSR count). The van der Waals surface area contributed by atoms with E-state index in [0.717, 1.165) is 24.4 Å². The number of nitrogens with zero attached hydrogens (tertiary/aromatic N) is 4. The lowest BCUT2D eigenvalue weighted by Gasteiger charge is -2.09. The summed E-state index contributed by atoms with van der Waals surface area (Å²) in [4.78, 5) is 12.0. The molecule has 7 nitrogen and oxygen atoms in total. The molecule has 0 aliphatic rings. The van der Waals surface area contributed by atoms with Crippen LogP contribution in [-0.2, 0) is 11.3 Å². The number of nitrogens with one attached hydrogen (secondary N) is 1. The van der Waals surface area contributed by atoms with Crippen LogP contribution in [0.15, 0.2) is 46.3 Å². The van der Waals surface area contributed by atoms with Gasteiger partial charge in [-0.15, -0.1) is 10.2 Å². The Hall–Kier alpha value is -2.32. The molecule has 2 heterocycles. The zero-order valence-electron chi connectivity index (χ0n) is 13.5. The number of aromatic nitrogens is 4. The molecule has 0 fully saturated rings. The molecule has 9 heteroatoms. The maximum absolute atomic E-state index is 12.0. The number of anilines is 1. The smallest absolute Gasteiger partial charge is 0.236 e. The van der Waals surface area contributed by atoms with E-state index in [2.05, 4.69) is 32.1 Å². The molecule has 0 aliphatic carbocycles. The van der Waals surface area contributed by atoms with Crippen molar-refractivity contribution in [2.75, 3.05) is 11.1 Å². The van der Waals surface area contributed by atoms with Crippen molar-refractivity contribution in [1.82, 2.24) is 19.9 Å². The SMILES string of the molecule is CCCn1c(SCC(=O)Nc2ccon2)nnc1-c1ccc(Cl)cc1. The summed E-state index contributed by atoms with van der Waals surface area (Å²) in [5, 5.41) is 16.2. The van der Waals surface area contributed by atoms with E-state index >= 15 is 0 Å². The summed E-state index contributed by atoms with van der Waals surface area (Å²) in [6, 6.07) is 9.04. The van der Waals surface area contributed by atoms with Gasteiger partial charge >= 0.3 is 0 Å². The quantitative estimate of drug-likeness (QED) is 0.631. The standard InChI is InChI=1S/C16H16ClN5O2S/c1-2-8-22-15(11-3-5-12(17)6-4-11)19-20-16(22)25-10-14(23)18-13-7-9-24-21-13/h3-7,9H,2,8,10H2,1H3,(H,18,21,23). The third kappa shape index (κ3) is 4.40. The first kappa shape index (κ1) is 17.5. The van der Waals surface area contributed by atoms with Crippen molar-refractivity contribution in [3.8, 4) is 11.4 Å². The highest BCUT2D eigenvalue weighted by molar-refractivity contribution is 7.99. The lowest BCUT2D eigenvalue weighted by Crippen LogP contribution is -2.14. The van der Waals surface area contributed by atoms with Crippen LogP contribution in [-0.4, -0.2) is 31.6 Å². The van der Waals surface area contributed by atoms with Crippen LogP contribution in [0.25, 0.3) is 11.4 Å². The van der Waals surface area contributed by atoms with Gasteiger partial charge in [-0.05, 0) is 30.7 Å². The third-order valence-corrected chi connectivity index (χ3v) is 4.52. The first-order valence-electron chi connectivity index (χ1n) is 7.69. The summed E-state index contributed by atoms with van der Waals surface area (Å²) >= 11 is 7.27. The van der Waals surface area contributed by atoms with Gasteiger partial charge < -0.3 is 14.4 Å². The van der Waals surface area contributed by atoms with Crippen molar-refractivity contribution in [1.29, 1.82) is 0 Å². The second kappa shape index (κ2) is 8.17. The van der Waals surface area contributed by atoms with Crippen LogP contribution >= 0.6 is 23.4 Å². The number of halogens is 1. The molecule has 0 aliphatic heterocycles. The van der Waals surface area contributed by atoms with Crippen molar-refractivity contribution in [3.05, 3.63) is 41.6 Å². The van der Waals surface area contributed by atoms with E-state index in [1.807, 2.05) is 28.8 Å². The average molecular weight is 378 g/mol. The number of hydrogen-bond acceptors (Lipinski definition) is 6. The first-order valence-corrected chi connectivity index (χ1v) is 9.06. The topological polar surface area (TPSA) is 85.8 Å². The Bertz CT molecular complexity index is 833. The lowest BCUT2D eigenvalue weighted by molar-refractivity contribution is -0.113. The molecule has 0 unspecified atom stereocenters. The van der Waals surface area contributed by atoms with Gasteiger partial charge in [-0.2, -0.15) is 0 Å². The van der Waals surface area contributed by atoms with Crippen molar-refractivity contribution >= 4 is 35.1 Å². The van der Waals surface area contributed by atoms with Crippen LogP contribution in [0.1, 0.15) is 13.3 Å². The Kier molecular flexibility index (Phi) is 5.72. The van der Waals surface area contributed by atoms with E-state index < -0.39 is 0 Å². The van der Waals surface area contributed by atoms with Gasteiger partial charge in [-0.1, -0.05) is 35.4 Å². The van der Waals surface area contributed by atoms with Gasteiger partial charge in [0.15, 0.2) is 16.8 Å². The monoisotopic (exact) mass is 377 g/mol. The van der Waals surface area contributed by atoms with Crippen LogP contribution in [0, 0.1) is 0 Å². The summed E-state index contributed by atoms with van der Waals surface area (Å²) in [5.74, 6) is 1.17. The molecule has 0 radical (unpaired) electrons. The molecule has 130 valence electrons. The normalized spacial score (nSPS) is 10.8. The number of hydrogen-bond donors (Lipinski definition) is 1. The molecule has 25 heavy (non-hydrogen) atoms. The maximum atomic E-state index is 12.0. The Balaban J connectivity index is 1.72.